The Hall–Kier alpha value is -2.98. The molecule has 0 aliphatic heterocycles. The minimum Gasteiger partial charge on any atom is -0.495 e. The summed E-state index contributed by atoms with van der Waals surface area (Å²) < 4.78 is 60.3. The van der Waals surface area contributed by atoms with Crippen LogP contribution in [0.1, 0.15) is 0 Å². The number of pyridine rings is 1. The van der Waals surface area contributed by atoms with Gasteiger partial charge in [0.2, 0.25) is 0 Å². The summed E-state index contributed by atoms with van der Waals surface area (Å²) in [6.07, 6.45) is -2.94. The molecule has 4 aromatic rings. The van der Waals surface area contributed by atoms with Crippen LogP contribution in [0.2, 0.25) is 0 Å². The van der Waals surface area contributed by atoms with Crippen LogP contribution in [0.4, 0.5) is 14.5 Å². The third kappa shape index (κ3) is 3.31. The Morgan fingerprint density at radius 3 is 2.53 bits per heavy atom. The van der Waals surface area contributed by atoms with Gasteiger partial charge in [-0.25, -0.2) is 17.2 Å². The van der Waals surface area contributed by atoms with Gasteiger partial charge in [0.15, 0.2) is 0 Å². The van der Waals surface area contributed by atoms with Gasteiger partial charge in [-0.05, 0) is 35.7 Å². The summed E-state index contributed by atoms with van der Waals surface area (Å²) in [4.78, 5) is 14.9. The molecule has 0 saturated carbocycles. The normalized spacial score (nSPS) is 12.0. The number of anilines is 1. The Labute approximate surface area is 174 Å². The molecule has 0 aliphatic rings. The molecule has 2 aromatic carbocycles. The van der Waals surface area contributed by atoms with Gasteiger partial charge < -0.3 is 9.72 Å². The Bertz CT molecular complexity index is 1380. The highest BCUT2D eigenvalue weighted by Gasteiger charge is 2.32. The van der Waals surface area contributed by atoms with Gasteiger partial charge in [-0.2, -0.15) is 0 Å². The summed E-state index contributed by atoms with van der Waals surface area (Å²) in [5.41, 5.74) is -0.0574. The van der Waals surface area contributed by atoms with E-state index in [-0.39, 0.29) is 21.9 Å². The molecular weight excluding hydrogens is 434 g/mol. The summed E-state index contributed by atoms with van der Waals surface area (Å²) >= 11 is 1.18. The van der Waals surface area contributed by atoms with Crippen LogP contribution in [-0.4, -0.2) is 33.5 Å². The zero-order chi connectivity index (χ0) is 21.5. The van der Waals surface area contributed by atoms with Crippen molar-refractivity contribution in [3.63, 3.8) is 0 Å². The van der Waals surface area contributed by atoms with E-state index in [4.69, 9.17) is 4.74 Å². The molecule has 0 saturated heterocycles. The van der Waals surface area contributed by atoms with Crippen molar-refractivity contribution in [2.75, 3.05) is 18.0 Å². The fraction of sp³-hybridized carbons (Fsp3) is 0.150. The van der Waals surface area contributed by atoms with E-state index in [9.17, 15) is 22.0 Å². The molecule has 30 heavy (non-hydrogen) atoms. The van der Waals surface area contributed by atoms with E-state index in [1.807, 2.05) is 0 Å². The van der Waals surface area contributed by atoms with Gasteiger partial charge in [0.25, 0.3) is 22.0 Å². The molecule has 0 unspecified atom stereocenters. The monoisotopic (exact) mass is 450 g/mol. The van der Waals surface area contributed by atoms with Crippen LogP contribution in [0.5, 0.6) is 5.75 Å². The van der Waals surface area contributed by atoms with Crippen molar-refractivity contribution in [2.24, 2.45) is 0 Å². The standard InChI is InChI=1S/C20H16F2N2O4S2/c1-28-15-8-7-14-17(13-9-10-29-19(13)20(25)23-14)18(15)24(11-16(21)22)30(26,27)12-5-3-2-4-6-12/h2-10,16H,11H2,1H3,(H,23,25). The average Bonchev–Trinajstić information content (AvgIpc) is 3.22. The maximum atomic E-state index is 13.6. The topological polar surface area (TPSA) is 79.5 Å². The van der Waals surface area contributed by atoms with E-state index in [1.54, 1.807) is 23.6 Å². The van der Waals surface area contributed by atoms with Crippen LogP contribution >= 0.6 is 11.3 Å². The number of hydrogen-bond donors (Lipinski definition) is 1. The van der Waals surface area contributed by atoms with E-state index in [0.29, 0.717) is 25.3 Å². The molecule has 0 amide bonds. The zero-order valence-corrected chi connectivity index (χ0v) is 17.3. The summed E-state index contributed by atoms with van der Waals surface area (Å²) in [5.74, 6) is 0.0993. The largest absolute Gasteiger partial charge is 0.495 e. The molecule has 4 rings (SSSR count). The predicted octanol–water partition coefficient (Wildman–Crippen LogP) is 4.21. The molecule has 2 heterocycles. The molecule has 0 aliphatic carbocycles. The second-order valence-corrected chi connectivity index (χ2v) is 9.18. The number of aromatic nitrogens is 1. The minimum atomic E-state index is -4.35. The first-order chi connectivity index (χ1) is 14.3. The highest BCUT2D eigenvalue weighted by molar-refractivity contribution is 7.92. The van der Waals surface area contributed by atoms with Gasteiger partial charge in [0.05, 0.1) is 24.1 Å². The summed E-state index contributed by atoms with van der Waals surface area (Å²) in [5, 5.41) is 2.48. The van der Waals surface area contributed by atoms with Crippen molar-refractivity contribution in [3.05, 3.63) is 64.3 Å². The van der Waals surface area contributed by atoms with Crippen LogP contribution < -0.4 is 14.6 Å². The minimum absolute atomic E-state index is 0.0428. The Morgan fingerprint density at radius 1 is 1.13 bits per heavy atom. The molecule has 6 nitrogen and oxygen atoms in total. The van der Waals surface area contributed by atoms with Crippen LogP contribution in [0, 0.1) is 0 Å². The molecule has 0 spiro atoms. The summed E-state index contributed by atoms with van der Waals surface area (Å²) in [7, 11) is -3.02. The first kappa shape index (κ1) is 20.3. The molecule has 1 N–H and O–H groups in total. The van der Waals surface area contributed by atoms with Gasteiger partial charge in [-0.15, -0.1) is 11.3 Å². The van der Waals surface area contributed by atoms with Crippen LogP contribution in [0.25, 0.3) is 21.0 Å². The number of benzene rings is 2. The van der Waals surface area contributed by atoms with E-state index in [0.717, 1.165) is 0 Å². The molecule has 0 fully saturated rings. The number of rotatable bonds is 6. The predicted molar refractivity (Wildman–Crippen MR) is 113 cm³/mol. The fourth-order valence-corrected chi connectivity index (χ4v) is 5.66. The van der Waals surface area contributed by atoms with Crippen LogP contribution in [0.3, 0.4) is 0 Å². The lowest BCUT2D eigenvalue weighted by Gasteiger charge is -2.27. The van der Waals surface area contributed by atoms with Gasteiger partial charge in [-0.3, -0.25) is 9.10 Å². The maximum absolute atomic E-state index is 13.6. The SMILES string of the molecule is COc1ccc2[nH]c(=O)c3sccc3c2c1N(CC(F)F)S(=O)(=O)c1ccccc1. The van der Waals surface area contributed by atoms with E-state index < -0.39 is 23.0 Å². The second kappa shape index (κ2) is 7.69. The van der Waals surface area contributed by atoms with E-state index >= 15 is 0 Å². The number of sulfonamides is 1. The van der Waals surface area contributed by atoms with Crippen molar-refractivity contribution in [1.82, 2.24) is 4.98 Å². The molecule has 0 atom stereocenters. The smallest absolute Gasteiger partial charge is 0.266 e. The maximum Gasteiger partial charge on any atom is 0.266 e. The van der Waals surface area contributed by atoms with Gasteiger partial charge in [-0.1, -0.05) is 18.2 Å². The number of nitrogens with one attached hydrogen (secondary N) is 1. The molecule has 10 heteroatoms. The van der Waals surface area contributed by atoms with Gasteiger partial charge >= 0.3 is 0 Å². The molecule has 0 bridgehead atoms. The number of H-pyrrole nitrogens is 1. The molecule has 2 aromatic heterocycles. The molecule has 156 valence electrons. The van der Waals surface area contributed by atoms with Crippen LogP contribution in [-0.2, 0) is 10.0 Å². The number of methoxy groups -OCH3 is 1. The fourth-order valence-electron chi connectivity index (χ4n) is 3.38. The van der Waals surface area contributed by atoms with Crippen molar-refractivity contribution < 1.29 is 21.9 Å². The first-order valence-corrected chi connectivity index (χ1v) is 11.1. The number of thiophene rings is 1. The Kier molecular flexibility index (Phi) is 5.20. The van der Waals surface area contributed by atoms with Gasteiger partial charge in [0, 0.05) is 10.8 Å². The van der Waals surface area contributed by atoms with Crippen molar-refractivity contribution in [1.29, 1.82) is 0 Å². The Balaban J connectivity index is 2.12. The highest BCUT2D eigenvalue weighted by atomic mass is 32.2. The number of halogens is 2. The number of alkyl halides is 2. The second-order valence-electron chi connectivity index (χ2n) is 6.40. The average molecular weight is 450 g/mol. The van der Waals surface area contributed by atoms with Crippen LogP contribution in [0.15, 0.2) is 63.6 Å². The number of nitrogens with zero attached hydrogens (tertiary/aromatic N) is 1. The van der Waals surface area contributed by atoms with Crippen molar-refractivity contribution in [2.45, 2.75) is 11.3 Å². The summed E-state index contributed by atoms with van der Waals surface area (Å²) in [6.45, 7) is -1.07. The molecular formula is C20H16F2N2O4S2. The van der Waals surface area contributed by atoms with E-state index in [2.05, 4.69) is 4.98 Å². The lowest BCUT2D eigenvalue weighted by atomic mass is 10.1. The van der Waals surface area contributed by atoms with Crippen molar-refractivity contribution >= 4 is 48.0 Å². The van der Waals surface area contributed by atoms with Crippen molar-refractivity contribution in [3.8, 4) is 5.75 Å². The number of hydrogen-bond acceptors (Lipinski definition) is 5. The lowest BCUT2D eigenvalue weighted by molar-refractivity contribution is 0.159. The lowest BCUT2D eigenvalue weighted by Crippen LogP contribution is -2.35. The third-order valence-corrected chi connectivity index (χ3v) is 7.33. The Morgan fingerprint density at radius 2 is 1.87 bits per heavy atom. The number of fused-ring (bicyclic) bond motifs is 3. The number of aromatic amines is 1. The zero-order valence-electron chi connectivity index (χ0n) is 15.6. The van der Waals surface area contributed by atoms with Gasteiger partial charge in [0.1, 0.15) is 16.1 Å². The first-order valence-electron chi connectivity index (χ1n) is 8.80. The highest BCUT2D eigenvalue weighted by Crippen LogP contribution is 2.42. The summed E-state index contributed by atoms with van der Waals surface area (Å²) in [6, 6.07) is 12.0. The number of ether oxygens (including phenoxy) is 1. The third-order valence-electron chi connectivity index (χ3n) is 4.63. The van der Waals surface area contributed by atoms with E-state index in [1.165, 1.54) is 48.8 Å². The quantitative estimate of drug-likeness (QED) is 0.477. The molecule has 0 radical (unpaired) electrons.